The molecule has 1 aromatic carbocycles. The Morgan fingerprint density at radius 1 is 1.44 bits per heavy atom. The highest BCUT2D eigenvalue weighted by Crippen LogP contribution is 2.18. The Hall–Kier alpha value is -1.64. The summed E-state index contributed by atoms with van der Waals surface area (Å²) in [7, 11) is 1.41. The second-order valence-corrected chi connectivity index (χ2v) is 3.83. The number of carbonyl (C=O) groups is 1. The van der Waals surface area contributed by atoms with Crippen molar-refractivity contribution < 1.29 is 13.9 Å². The predicted molar refractivity (Wildman–Crippen MR) is 61.1 cm³/mol. The normalized spacial score (nSPS) is 9.75. The van der Waals surface area contributed by atoms with E-state index in [4.69, 9.17) is 4.74 Å². The minimum absolute atomic E-state index is 0.0235. The zero-order chi connectivity index (χ0) is 12.1. The van der Waals surface area contributed by atoms with E-state index in [1.54, 1.807) is 12.1 Å². The van der Waals surface area contributed by atoms with Gasteiger partial charge in [0.15, 0.2) is 17.3 Å². The molecule has 16 heavy (non-hydrogen) atoms. The van der Waals surface area contributed by atoms with Crippen molar-refractivity contribution >= 4 is 5.78 Å². The van der Waals surface area contributed by atoms with E-state index < -0.39 is 5.82 Å². The lowest BCUT2D eigenvalue weighted by Gasteiger charge is -2.03. The van der Waals surface area contributed by atoms with Crippen molar-refractivity contribution in [1.29, 1.82) is 0 Å². The molecule has 0 spiro atoms. The smallest absolute Gasteiger partial charge is 0.165 e. The topological polar surface area (TPSA) is 26.3 Å². The van der Waals surface area contributed by atoms with E-state index in [2.05, 4.69) is 0 Å². The fraction of sp³-hybridized carbons (Fsp3) is 0.308. The molecule has 1 aromatic rings. The van der Waals surface area contributed by atoms with Gasteiger partial charge in [0.25, 0.3) is 0 Å². The maximum atomic E-state index is 13.3. The van der Waals surface area contributed by atoms with Crippen LogP contribution in [0, 0.1) is 5.82 Å². The second kappa shape index (κ2) is 5.45. The Labute approximate surface area is 94.7 Å². The number of halogens is 1. The summed E-state index contributed by atoms with van der Waals surface area (Å²) in [5, 5.41) is 0. The van der Waals surface area contributed by atoms with E-state index in [-0.39, 0.29) is 18.0 Å². The molecule has 0 fully saturated rings. The number of allylic oxidation sites excluding steroid dienone is 2. The molecule has 0 aliphatic carbocycles. The third kappa shape index (κ3) is 3.50. The van der Waals surface area contributed by atoms with Crippen LogP contribution in [-0.4, -0.2) is 12.9 Å². The quantitative estimate of drug-likeness (QED) is 0.732. The average Bonchev–Trinajstić information content (AvgIpc) is 2.16. The van der Waals surface area contributed by atoms with Crippen LogP contribution in [0.2, 0.25) is 0 Å². The zero-order valence-corrected chi connectivity index (χ0v) is 9.71. The van der Waals surface area contributed by atoms with Gasteiger partial charge in [-0.25, -0.2) is 4.39 Å². The van der Waals surface area contributed by atoms with E-state index in [1.165, 1.54) is 19.2 Å². The summed E-state index contributed by atoms with van der Waals surface area (Å²) in [6.07, 6.45) is 1.77. The van der Waals surface area contributed by atoms with Gasteiger partial charge in [-0.3, -0.25) is 4.79 Å². The maximum Gasteiger partial charge on any atom is 0.165 e. The summed E-state index contributed by atoms with van der Waals surface area (Å²) >= 11 is 0. The van der Waals surface area contributed by atoms with Crippen molar-refractivity contribution in [3.63, 3.8) is 0 Å². The van der Waals surface area contributed by atoms with E-state index in [0.717, 1.165) is 5.57 Å². The molecule has 0 saturated carbocycles. The lowest BCUT2D eigenvalue weighted by Crippen LogP contribution is -2.00. The van der Waals surface area contributed by atoms with Crippen molar-refractivity contribution in [3.8, 4) is 5.75 Å². The molecule has 0 saturated heterocycles. The van der Waals surface area contributed by atoms with Gasteiger partial charge in [0.2, 0.25) is 0 Å². The van der Waals surface area contributed by atoms with Crippen LogP contribution in [0.15, 0.2) is 29.8 Å². The number of carbonyl (C=O) groups excluding carboxylic acids is 1. The van der Waals surface area contributed by atoms with Crippen LogP contribution < -0.4 is 4.74 Å². The summed E-state index contributed by atoms with van der Waals surface area (Å²) in [4.78, 5) is 11.5. The lowest BCUT2D eigenvalue weighted by atomic mass is 10.1. The molecule has 1 rings (SSSR count). The number of benzene rings is 1. The van der Waals surface area contributed by atoms with Crippen LogP contribution in [0.5, 0.6) is 5.75 Å². The molecule has 3 heteroatoms. The minimum Gasteiger partial charge on any atom is -0.494 e. The average molecular weight is 222 g/mol. The first-order valence-corrected chi connectivity index (χ1v) is 5.03. The summed E-state index contributed by atoms with van der Waals surface area (Å²) in [6.45, 7) is 3.71. The number of methoxy groups -OCH3 is 1. The molecule has 0 aromatic heterocycles. The van der Waals surface area contributed by atoms with Crippen molar-refractivity contribution in [1.82, 2.24) is 0 Å². The fourth-order valence-electron chi connectivity index (χ4n) is 1.39. The minimum atomic E-state index is -0.440. The first kappa shape index (κ1) is 12.4. The number of hydrogen-bond acceptors (Lipinski definition) is 2. The lowest BCUT2D eigenvalue weighted by molar-refractivity contribution is -0.114. The number of ketones is 1. The van der Waals surface area contributed by atoms with Crippen LogP contribution in [0.25, 0.3) is 0 Å². The molecule has 2 nitrogen and oxygen atoms in total. The van der Waals surface area contributed by atoms with Crippen LogP contribution in [0.3, 0.4) is 0 Å². The number of ether oxygens (including phenoxy) is 1. The van der Waals surface area contributed by atoms with Crippen molar-refractivity contribution in [3.05, 3.63) is 41.2 Å². The number of rotatable bonds is 4. The van der Waals surface area contributed by atoms with Gasteiger partial charge in [0.05, 0.1) is 7.11 Å². The van der Waals surface area contributed by atoms with E-state index in [0.29, 0.717) is 5.56 Å². The highest BCUT2D eigenvalue weighted by Gasteiger charge is 2.06. The summed E-state index contributed by atoms with van der Waals surface area (Å²) in [5.41, 5.74) is 1.60. The monoisotopic (exact) mass is 222 g/mol. The molecule has 0 radical (unpaired) electrons. The molecule has 0 atom stereocenters. The van der Waals surface area contributed by atoms with Crippen molar-refractivity contribution in [2.75, 3.05) is 7.11 Å². The zero-order valence-electron chi connectivity index (χ0n) is 9.71. The molecule has 0 aliphatic rings. The van der Waals surface area contributed by atoms with Gasteiger partial charge in [-0.1, -0.05) is 11.6 Å². The number of hydrogen-bond donors (Lipinski definition) is 0. The van der Waals surface area contributed by atoms with Gasteiger partial charge >= 0.3 is 0 Å². The van der Waals surface area contributed by atoms with E-state index in [9.17, 15) is 9.18 Å². The Morgan fingerprint density at radius 3 is 2.62 bits per heavy atom. The predicted octanol–water partition coefficient (Wildman–Crippen LogP) is 2.91. The van der Waals surface area contributed by atoms with Crippen LogP contribution in [0.1, 0.15) is 19.4 Å². The molecule has 0 N–H and O–H groups in total. The van der Waals surface area contributed by atoms with Gasteiger partial charge in [-0.15, -0.1) is 0 Å². The van der Waals surface area contributed by atoms with Crippen LogP contribution >= 0.6 is 0 Å². The Morgan fingerprint density at radius 2 is 2.12 bits per heavy atom. The highest BCUT2D eigenvalue weighted by molar-refractivity contribution is 5.91. The van der Waals surface area contributed by atoms with Crippen LogP contribution in [0.4, 0.5) is 4.39 Å². The van der Waals surface area contributed by atoms with Gasteiger partial charge in [-0.2, -0.15) is 0 Å². The van der Waals surface area contributed by atoms with Crippen molar-refractivity contribution in [2.45, 2.75) is 20.3 Å². The van der Waals surface area contributed by atoms with Gasteiger partial charge in [-0.05, 0) is 37.6 Å². The first-order chi connectivity index (χ1) is 7.52. The van der Waals surface area contributed by atoms with Crippen LogP contribution in [-0.2, 0) is 11.2 Å². The first-order valence-electron chi connectivity index (χ1n) is 5.03. The van der Waals surface area contributed by atoms with Gasteiger partial charge < -0.3 is 4.74 Å². The molecule has 0 unspecified atom stereocenters. The molecule has 0 amide bonds. The summed E-state index contributed by atoms with van der Waals surface area (Å²) < 4.78 is 18.1. The van der Waals surface area contributed by atoms with Gasteiger partial charge in [0.1, 0.15) is 0 Å². The molecule has 86 valence electrons. The standard InChI is InChI=1S/C13H15FO2/c1-9(2)6-11(15)7-10-4-5-13(16-3)12(14)8-10/h4-6,8H,7H2,1-3H3. The largest absolute Gasteiger partial charge is 0.494 e. The molecule has 0 bridgehead atoms. The summed E-state index contributed by atoms with van der Waals surface area (Å²) in [6, 6.07) is 4.55. The second-order valence-electron chi connectivity index (χ2n) is 3.83. The Bertz CT molecular complexity index is 418. The van der Waals surface area contributed by atoms with E-state index >= 15 is 0 Å². The molecule has 0 aliphatic heterocycles. The SMILES string of the molecule is COc1ccc(CC(=O)C=C(C)C)cc1F. The third-order valence-corrected chi connectivity index (χ3v) is 2.04. The van der Waals surface area contributed by atoms with Gasteiger partial charge in [0, 0.05) is 6.42 Å². The third-order valence-electron chi connectivity index (χ3n) is 2.04. The molecule has 0 heterocycles. The van der Waals surface area contributed by atoms with E-state index in [1.807, 2.05) is 13.8 Å². The fourth-order valence-corrected chi connectivity index (χ4v) is 1.39. The molecular weight excluding hydrogens is 207 g/mol. The molecular formula is C13H15FO2. The highest BCUT2D eigenvalue weighted by atomic mass is 19.1. The summed E-state index contributed by atoms with van der Waals surface area (Å²) in [5.74, 6) is -0.270. The Kier molecular flexibility index (Phi) is 4.23. The van der Waals surface area contributed by atoms with Crippen molar-refractivity contribution in [2.24, 2.45) is 0 Å². The Balaban J connectivity index is 2.79. The maximum absolute atomic E-state index is 13.3.